The summed E-state index contributed by atoms with van der Waals surface area (Å²) in [4.78, 5) is 49.3. The van der Waals surface area contributed by atoms with E-state index >= 15 is 0 Å². The number of ether oxygens (including phenoxy) is 1. The minimum Gasteiger partial charge on any atom is -0.372 e. The summed E-state index contributed by atoms with van der Waals surface area (Å²) in [5.74, 6) is 0.367. The molecule has 1 amide bonds. The average molecular weight is 490 g/mol. The Morgan fingerprint density at radius 1 is 1.09 bits per heavy atom. The Labute approximate surface area is 199 Å². The van der Waals surface area contributed by atoms with E-state index in [-0.39, 0.29) is 34.9 Å². The Balaban J connectivity index is 1.77. The second kappa shape index (κ2) is 9.28. The molecule has 9 nitrogen and oxygen atoms in total. The Bertz CT molecular complexity index is 1330. The molecule has 3 heterocycles. The lowest BCUT2D eigenvalue weighted by Gasteiger charge is -2.35. The normalized spacial score (nSPS) is 18.6. The predicted octanol–water partition coefficient (Wildman–Crippen LogP) is 2.08. The molecule has 1 saturated heterocycles. The molecule has 11 heteroatoms. The number of morpholine rings is 1. The summed E-state index contributed by atoms with van der Waals surface area (Å²) in [5, 5.41) is 1.12. The molecule has 0 bridgehead atoms. The summed E-state index contributed by atoms with van der Waals surface area (Å²) in [6, 6.07) is 6.95. The quantitative estimate of drug-likeness (QED) is 0.408. The van der Waals surface area contributed by atoms with Crippen LogP contribution in [0.3, 0.4) is 0 Å². The number of amides is 1. The molecule has 1 aliphatic rings. The molecule has 0 unspecified atom stereocenters. The van der Waals surface area contributed by atoms with Gasteiger partial charge in [-0.25, -0.2) is 14.8 Å². The Morgan fingerprint density at radius 2 is 1.73 bits per heavy atom. The zero-order chi connectivity index (χ0) is 23.9. The van der Waals surface area contributed by atoms with E-state index in [2.05, 4.69) is 9.97 Å². The lowest BCUT2D eigenvalue weighted by Crippen LogP contribution is -2.48. The fraction of sp³-hybridized carbons (Fsp3) is 0.409. The summed E-state index contributed by atoms with van der Waals surface area (Å²) < 4.78 is 8.04. The summed E-state index contributed by atoms with van der Waals surface area (Å²) in [7, 11) is 2.96. The van der Waals surface area contributed by atoms with Crippen molar-refractivity contribution in [2.75, 3.05) is 18.8 Å². The average Bonchev–Trinajstić information content (AvgIpc) is 2.79. The molecule has 2 aromatic heterocycles. The number of carbonyl (C=O) groups excluding carboxylic acids is 1. The Hall–Kier alpha value is -2.69. The number of aryl methyl sites for hydroxylation is 1. The molecule has 0 spiro atoms. The summed E-state index contributed by atoms with van der Waals surface area (Å²) in [5.41, 5.74) is -0.0963. The van der Waals surface area contributed by atoms with Gasteiger partial charge in [0.25, 0.3) is 5.56 Å². The Kier molecular flexibility index (Phi) is 6.60. The third kappa shape index (κ3) is 4.68. The third-order valence-corrected chi connectivity index (χ3v) is 6.69. The van der Waals surface area contributed by atoms with Crippen molar-refractivity contribution in [2.45, 2.75) is 31.1 Å². The summed E-state index contributed by atoms with van der Waals surface area (Å²) in [6.45, 7) is 4.90. The third-order valence-electron chi connectivity index (χ3n) is 5.47. The molecule has 4 rings (SSSR count). The number of nitrogens with zero attached hydrogens (tertiary/aromatic N) is 5. The van der Waals surface area contributed by atoms with E-state index in [4.69, 9.17) is 16.3 Å². The number of aromatic nitrogens is 4. The van der Waals surface area contributed by atoms with Crippen LogP contribution >= 0.6 is 23.4 Å². The molecular weight excluding hydrogens is 466 g/mol. The van der Waals surface area contributed by atoms with Gasteiger partial charge in [0.05, 0.1) is 18.0 Å². The lowest BCUT2D eigenvalue weighted by molar-refractivity contribution is -0.140. The number of rotatable bonds is 4. The Morgan fingerprint density at radius 3 is 2.36 bits per heavy atom. The van der Waals surface area contributed by atoms with Gasteiger partial charge in [0.15, 0.2) is 11.5 Å². The molecule has 33 heavy (non-hydrogen) atoms. The van der Waals surface area contributed by atoms with E-state index < -0.39 is 11.2 Å². The molecule has 1 aliphatic heterocycles. The molecule has 174 valence electrons. The van der Waals surface area contributed by atoms with E-state index in [1.165, 1.54) is 23.4 Å². The van der Waals surface area contributed by atoms with Crippen molar-refractivity contribution in [2.24, 2.45) is 14.1 Å². The molecule has 3 aromatic rings. The summed E-state index contributed by atoms with van der Waals surface area (Å²) in [6.07, 6.45) is -0.0817. The van der Waals surface area contributed by atoms with Crippen molar-refractivity contribution < 1.29 is 9.53 Å². The van der Waals surface area contributed by atoms with Crippen LogP contribution < -0.4 is 11.2 Å². The van der Waals surface area contributed by atoms with Crippen molar-refractivity contribution in [3.8, 4) is 11.4 Å². The zero-order valence-electron chi connectivity index (χ0n) is 18.7. The SMILES string of the molecule is C[C@@H]1CN(C(=O)CSc2nc(-c3ccc(Cl)cc3)nc3c2c(=O)n(C)c(=O)n3C)C[C@H](C)O1. The van der Waals surface area contributed by atoms with Gasteiger partial charge >= 0.3 is 5.69 Å². The van der Waals surface area contributed by atoms with E-state index in [0.717, 1.165) is 4.57 Å². The monoisotopic (exact) mass is 489 g/mol. The van der Waals surface area contributed by atoms with Crippen molar-refractivity contribution >= 4 is 40.3 Å². The zero-order valence-corrected chi connectivity index (χ0v) is 20.3. The van der Waals surface area contributed by atoms with Crippen LogP contribution in [0.2, 0.25) is 5.02 Å². The number of hydrogen-bond donors (Lipinski definition) is 0. The number of carbonyl (C=O) groups is 1. The van der Waals surface area contributed by atoms with Gasteiger partial charge in [0.1, 0.15) is 10.4 Å². The molecule has 0 N–H and O–H groups in total. The first kappa shape index (κ1) is 23.5. The van der Waals surface area contributed by atoms with E-state index in [1.807, 2.05) is 13.8 Å². The van der Waals surface area contributed by atoms with Crippen LogP contribution in [0.5, 0.6) is 0 Å². The van der Waals surface area contributed by atoms with Crippen LogP contribution in [0.15, 0.2) is 38.9 Å². The van der Waals surface area contributed by atoms with Crippen molar-refractivity contribution in [1.82, 2.24) is 24.0 Å². The van der Waals surface area contributed by atoms with Crippen LogP contribution in [0.25, 0.3) is 22.4 Å². The van der Waals surface area contributed by atoms with Crippen molar-refractivity contribution in [3.05, 3.63) is 50.1 Å². The predicted molar refractivity (Wildman–Crippen MR) is 128 cm³/mol. The van der Waals surface area contributed by atoms with Gasteiger partial charge in [0, 0.05) is 37.8 Å². The van der Waals surface area contributed by atoms with Gasteiger partial charge in [-0.2, -0.15) is 0 Å². The van der Waals surface area contributed by atoms with Gasteiger partial charge in [-0.3, -0.25) is 18.7 Å². The van der Waals surface area contributed by atoms with Gasteiger partial charge < -0.3 is 9.64 Å². The molecular formula is C22H24ClN5O4S. The van der Waals surface area contributed by atoms with Crippen LogP contribution in [0, 0.1) is 0 Å². The van der Waals surface area contributed by atoms with E-state index in [1.54, 1.807) is 36.2 Å². The molecule has 1 fully saturated rings. The first-order valence-electron chi connectivity index (χ1n) is 10.5. The molecule has 0 saturated carbocycles. The second-order valence-electron chi connectivity index (χ2n) is 8.11. The van der Waals surface area contributed by atoms with Gasteiger partial charge in [-0.15, -0.1) is 0 Å². The van der Waals surface area contributed by atoms with E-state index in [9.17, 15) is 14.4 Å². The molecule has 1 aromatic carbocycles. The van der Waals surface area contributed by atoms with Crippen LogP contribution in [-0.4, -0.2) is 61.0 Å². The highest BCUT2D eigenvalue weighted by Crippen LogP contribution is 2.27. The highest BCUT2D eigenvalue weighted by molar-refractivity contribution is 8.00. The molecule has 2 atom stereocenters. The van der Waals surface area contributed by atoms with Gasteiger partial charge in [-0.1, -0.05) is 23.4 Å². The largest absolute Gasteiger partial charge is 0.372 e. The van der Waals surface area contributed by atoms with Crippen molar-refractivity contribution in [1.29, 1.82) is 0 Å². The topological polar surface area (TPSA) is 99.3 Å². The van der Waals surface area contributed by atoms with Crippen LogP contribution in [-0.2, 0) is 23.6 Å². The number of benzene rings is 1. The fourth-order valence-electron chi connectivity index (χ4n) is 3.86. The maximum Gasteiger partial charge on any atom is 0.332 e. The van der Waals surface area contributed by atoms with Crippen molar-refractivity contribution in [3.63, 3.8) is 0 Å². The molecule has 0 radical (unpaired) electrons. The first-order valence-corrected chi connectivity index (χ1v) is 11.8. The highest BCUT2D eigenvalue weighted by atomic mass is 35.5. The molecule has 0 aliphatic carbocycles. The standard InChI is InChI=1S/C22H24ClN5O4S/c1-12-9-28(10-13(2)32-12)16(29)11-33-20-17-19(26(3)22(31)27(4)21(17)30)24-18(25-20)14-5-7-15(23)8-6-14/h5-8,12-13H,9-11H2,1-4H3/t12-,13+. The fourth-order valence-corrected chi connectivity index (χ4v) is 4.91. The number of fused-ring (bicyclic) bond motifs is 1. The second-order valence-corrected chi connectivity index (χ2v) is 9.51. The van der Waals surface area contributed by atoms with Gasteiger partial charge in [-0.05, 0) is 38.1 Å². The number of thioether (sulfide) groups is 1. The van der Waals surface area contributed by atoms with Crippen LogP contribution in [0.4, 0.5) is 0 Å². The van der Waals surface area contributed by atoms with E-state index in [0.29, 0.717) is 34.5 Å². The summed E-state index contributed by atoms with van der Waals surface area (Å²) >= 11 is 7.17. The van der Waals surface area contributed by atoms with Crippen LogP contribution in [0.1, 0.15) is 13.8 Å². The smallest absolute Gasteiger partial charge is 0.332 e. The minimum absolute atomic E-state index is 0.0408. The highest BCUT2D eigenvalue weighted by Gasteiger charge is 2.26. The minimum atomic E-state index is -0.501. The number of hydrogen-bond acceptors (Lipinski definition) is 7. The van der Waals surface area contributed by atoms with Gasteiger partial charge in [0.2, 0.25) is 5.91 Å². The first-order chi connectivity index (χ1) is 15.7. The lowest BCUT2D eigenvalue weighted by atomic mass is 10.2. The maximum absolute atomic E-state index is 13.0. The number of halogens is 1. The maximum atomic E-state index is 13.0.